The summed E-state index contributed by atoms with van der Waals surface area (Å²) in [5, 5.41) is 4.92. The standard InChI is InChI=1S/C21H23N3OS/c1-25-20-9-7-17(8-10-20)21-18(15-23-11-13-26-14-12-23)16-24(22-21)19-5-3-2-4-6-19/h2-10,16H,11-15H2,1H3. The number of hydrogen-bond donors (Lipinski definition) is 0. The number of methoxy groups -OCH3 is 1. The molecule has 1 saturated heterocycles. The fourth-order valence-electron chi connectivity index (χ4n) is 3.23. The highest BCUT2D eigenvalue weighted by atomic mass is 32.2. The molecule has 1 aliphatic rings. The van der Waals surface area contributed by atoms with E-state index in [1.165, 1.54) is 17.1 Å². The Morgan fingerprint density at radius 3 is 2.42 bits per heavy atom. The minimum absolute atomic E-state index is 0.867. The molecule has 2 aromatic carbocycles. The normalized spacial score (nSPS) is 15.1. The van der Waals surface area contributed by atoms with Crippen molar-refractivity contribution >= 4 is 11.8 Å². The van der Waals surface area contributed by atoms with Crippen molar-refractivity contribution in [1.82, 2.24) is 14.7 Å². The van der Waals surface area contributed by atoms with Crippen LogP contribution < -0.4 is 4.74 Å². The second-order valence-corrected chi connectivity index (χ2v) is 7.62. The molecule has 3 aromatic rings. The highest BCUT2D eigenvalue weighted by Gasteiger charge is 2.17. The van der Waals surface area contributed by atoms with Crippen LogP contribution in [-0.4, -0.2) is 46.4 Å². The molecule has 1 aromatic heterocycles. The second-order valence-electron chi connectivity index (χ2n) is 6.40. The fraction of sp³-hybridized carbons (Fsp3) is 0.286. The van der Waals surface area contributed by atoms with Gasteiger partial charge in [-0.05, 0) is 36.4 Å². The summed E-state index contributed by atoms with van der Waals surface area (Å²) in [7, 11) is 1.69. The molecule has 2 heterocycles. The number of ether oxygens (including phenoxy) is 1. The van der Waals surface area contributed by atoms with Crippen LogP contribution in [0.4, 0.5) is 0 Å². The van der Waals surface area contributed by atoms with Crippen molar-refractivity contribution in [2.45, 2.75) is 6.54 Å². The molecule has 0 N–H and O–H groups in total. The molecule has 134 valence electrons. The first-order valence-corrected chi connectivity index (χ1v) is 10.1. The number of nitrogens with zero attached hydrogens (tertiary/aromatic N) is 3. The molecular weight excluding hydrogens is 342 g/mol. The van der Waals surface area contributed by atoms with Gasteiger partial charge in [-0.3, -0.25) is 4.90 Å². The van der Waals surface area contributed by atoms with E-state index in [1.54, 1.807) is 7.11 Å². The SMILES string of the molecule is COc1ccc(-c2nn(-c3ccccc3)cc2CN2CCSCC2)cc1. The first-order chi connectivity index (χ1) is 12.8. The molecule has 0 unspecified atom stereocenters. The molecule has 0 saturated carbocycles. The maximum atomic E-state index is 5.30. The van der Waals surface area contributed by atoms with E-state index in [9.17, 15) is 0 Å². The molecule has 0 amide bonds. The van der Waals surface area contributed by atoms with E-state index in [4.69, 9.17) is 9.84 Å². The predicted molar refractivity (Wildman–Crippen MR) is 108 cm³/mol. The predicted octanol–water partition coefficient (Wildman–Crippen LogP) is 4.10. The third-order valence-electron chi connectivity index (χ3n) is 4.67. The van der Waals surface area contributed by atoms with Gasteiger partial charge in [0, 0.05) is 48.5 Å². The Kier molecular flexibility index (Phi) is 5.27. The van der Waals surface area contributed by atoms with E-state index in [1.807, 2.05) is 46.8 Å². The van der Waals surface area contributed by atoms with Crippen molar-refractivity contribution in [3.05, 3.63) is 66.4 Å². The van der Waals surface area contributed by atoms with Gasteiger partial charge in [-0.1, -0.05) is 18.2 Å². The molecule has 4 rings (SSSR count). The Balaban J connectivity index is 1.70. The average molecular weight is 366 g/mol. The lowest BCUT2D eigenvalue weighted by Crippen LogP contribution is -2.32. The summed E-state index contributed by atoms with van der Waals surface area (Å²) in [4.78, 5) is 2.52. The number of aromatic nitrogens is 2. The van der Waals surface area contributed by atoms with Gasteiger partial charge < -0.3 is 4.74 Å². The van der Waals surface area contributed by atoms with Gasteiger partial charge in [0.05, 0.1) is 18.5 Å². The number of hydrogen-bond acceptors (Lipinski definition) is 4. The van der Waals surface area contributed by atoms with Gasteiger partial charge in [0.25, 0.3) is 0 Å². The van der Waals surface area contributed by atoms with E-state index in [2.05, 4.69) is 35.4 Å². The summed E-state index contributed by atoms with van der Waals surface area (Å²) in [6.45, 7) is 3.22. The fourth-order valence-corrected chi connectivity index (χ4v) is 4.21. The molecule has 1 fully saturated rings. The van der Waals surface area contributed by atoms with Crippen LogP contribution in [0.5, 0.6) is 5.75 Å². The van der Waals surface area contributed by atoms with Crippen molar-refractivity contribution < 1.29 is 4.74 Å². The van der Waals surface area contributed by atoms with Crippen LogP contribution in [-0.2, 0) is 6.54 Å². The first-order valence-electron chi connectivity index (χ1n) is 8.92. The Labute approximate surface area is 158 Å². The Hall–Kier alpha value is -2.24. The van der Waals surface area contributed by atoms with Crippen LogP contribution in [0.15, 0.2) is 60.8 Å². The lowest BCUT2D eigenvalue weighted by molar-refractivity contribution is 0.295. The van der Waals surface area contributed by atoms with Gasteiger partial charge in [-0.25, -0.2) is 4.68 Å². The monoisotopic (exact) mass is 365 g/mol. The summed E-state index contributed by atoms with van der Waals surface area (Å²) in [6, 6.07) is 18.5. The first kappa shape index (κ1) is 17.2. The van der Waals surface area contributed by atoms with Crippen molar-refractivity contribution in [1.29, 1.82) is 0 Å². The maximum absolute atomic E-state index is 5.30. The summed E-state index contributed by atoms with van der Waals surface area (Å²) in [6.07, 6.45) is 2.18. The molecule has 26 heavy (non-hydrogen) atoms. The molecule has 4 nitrogen and oxygen atoms in total. The van der Waals surface area contributed by atoms with Gasteiger partial charge >= 0.3 is 0 Å². The van der Waals surface area contributed by atoms with E-state index in [0.717, 1.165) is 42.3 Å². The third-order valence-corrected chi connectivity index (χ3v) is 5.61. The van der Waals surface area contributed by atoms with Gasteiger partial charge in [0.15, 0.2) is 0 Å². The van der Waals surface area contributed by atoms with Crippen LogP contribution in [0.3, 0.4) is 0 Å². The molecule has 1 aliphatic heterocycles. The quantitative estimate of drug-likeness (QED) is 0.681. The molecule has 5 heteroatoms. The van der Waals surface area contributed by atoms with Crippen LogP contribution in [0.1, 0.15) is 5.56 Å². The highest BCUT2D eigenvalue weighted by Crippen LogP contribution is 2.27. The zero-order valence-electron chi connectivity index (χ0n) is 15.0. The second kappa shape index (κ2) is 7.98. The smallest absolute Gasteiger partial charge is 0.118 e. The third kappa shape index (κ3) is 3.79. The maximum Gasteiger partial charge on any atom is 0.118 e. The molecule has 0 radical (unpaired) electrons. The van der Waals surface area contributed by atoms with E-state index < -0.39 is 0 Å². The van der Waals surface area contributed by atoms with Gasteiger partial charge in [-0.2, -0.15) is 16.9 Å². The van der Waals surface area contributed by atoms with Gasteiger partial charge in [0.1, 0.15) is 5.75 Å². The van der Waals surface area contributed by atoms with Gasteiger partial charge in [-0.15, -0.1) is 0 Å². The molecule has 0 bridgehead atoms. The molecule has 0 atom stereocenters. The van der Waals surface area contributed by atoms with E-state index >= 15 is 0 Å². The number of thioether (sulfide) groups is 1. The summed E-state index contributed by atoms with van der Waals surface area (Å²) in [5.74, 6) is 3.29. The number of para-hydroxylation sites is 1. The number of benzene rings is 2. The zero-order chi connectivity index (χ0) is 17.8. The Morgan fingerprint density at radius 2 is 1.73 bits per heavy atom. The largest absolute Gasteiger partial charge is 0.497 e. The van der Waals surface area contributed by atoms with Crippen LogP contribution in [0, 0.1) is 0 Å². The van der Waals surface area contributed by atoms with Crippen LogP contribution >= 0.6 is 11.8 Å². The minimum Gasteiger partial charge on any atom is -0.497 e. The highest BCUT2D eigenvalue weighted by molar-refractivity contribution is 7.99. The van der Waals surface area contributed by atoms with Crippen molar-refractivity contribution in [2.75, 3.05) is 31.7 Å². The molecule has 0 aliphatic carbocycles. The van der Waals surface area contributed by atoms with E-state index in [0.29, 0.717) is 0 Å². The average Bonchev–Trinajstić information content (AvgIpc) is 3.13. The summed E-state index contributed by atoms with van der Waals surface area (Å²) < 4.78 is 7.29. The molecule has 0 spiro atoms. The topological polar surface area (TPSA) is 30.3 Å². The van der Waals surface area contributed by atoms with Crippen molar-refractivity contribution in [3.63, 3.8) is 0 Å². The summed E-state index contributed by atoms with van der Waals surface area (Å²) in [5.41, 5.74) is 4.53. The van der Waals surface area contributed by atoms with E-state index in [-0.39, 0.29) is 0 Å². The van der Waals surface area contributed by atoms with Crippen LogP contribution in [0.2, 0.25) is 0 Å². The van der Waals surface area contributed by atoms with Gasteiger partial charge in [0.2, 0.25) is 0 Å². The summed E-state index contributed by atoms with van der Waals surface area (Å²) >= 11 is 2.04. The lowest BCUT2D eigenvalue weighted by Gasteiger charge is -2.25. The van der Waals surface area contributed by atoms with Crippen LogP contribution in [0.25, 0.3) is 16.9 Å². The Morgan fingerprint density at radius 1 is 1.00 bits per heavy atom. The van der Waals surface area contributed by atoms with Crippen molar-refractivity contribution in [2.24, 2.45) is 0 Å². The zero-order valence-corrected chi connectivity index (χ0v) is 15.8. The Bertz CT molecular complexity index is 839. The minimum atomic E-state index is 0.867. The lowest BCUT2D eigenvalue weighted by atomic mass is 10.1. The molecular formula is C21H23N3OS. The van der Waals surface area contributed by atoms with Crippen molar-refractivity contribution in [3.8, 4) is 22.7 Å². The number of rotatable bonds is 5.